The first-order valence-corrected chi connectivity index (χ1v) is 5.86. The Morgan fingerprint density at radius 3 is 2.80 bits per heavy atom. The maximum absolute atomic E-state index is 11.8. The van der Waals surface area contributed by atoms with Crippen molar-refractivity contribution in [2.45, 2.75) is 50.3 Å². The summed E-state index contributed by atoms with van der Waals surface area (Å²) in [6, 6.07) is 0.381. The minimum absolute atomic E-state index is 0.0420. The summed E-state index contributed by atoms with van der Waals surface area (Å²) in [6.07, 6.45) is 5.63. The molecule has 0 unspecified atom stereocenters. The number of carbonyl (C=O) groups excluding carboxylic acids is 1. The van der Waals surface area contributed by atoms with Gasteiger partial charge in [-0.3, -0.25) is 4.79 Å². The molecule has 1 heterocycles. The fraction of sp³-hybridized carbons (Fsp3) is 0.909. The number of methoxy groups -OCH3 is 1. The molecule has 2 aliphatic rings. The molecule has 1 saturated heterocycles. The zero-order valence-electron chi connectivity index (χ0n) is 9.29. The van der Waals surface area contributed by atoms with Gasteiger partial charge in [0.15, 0.2) is 0 Å². The number of hydrogen-bond donors (Lipinski definition) is 2. The molecule has 1 amide bonds. The Balaban J connectivity index is 1.68. The molecule has 1 aliphatic carbocycles. The van der Waals surface area contributed by atoms with E-state index >= 15 is 0 Å². The van der Waals surface area contributed by atoms with E-state index in [9.17, 15) is 4.79 Å². The van der Waals surface area contributed by atoms with Crippen LogP contribution in [0.25, 0.3) is 0 Å². The summed E-state index contributed by atoms with van der Waals surface area (Å²) in [6.45, 7) is 0.976. The first-order chi connectivity index (χ1) is 7.29. The third-order valence-electron chi connectivity index (χ3n) is 3.40. The van der Waals surface area contributed by atoms with Gasteiger partial charge in [0.2, 0.25) is 5.91 Å². The van der Waals surface area contributed by atoms with Gasteiger partial charge in [-0.25, -0.2) is 0 Å². The summed E-state index contributed by atoms with van der Waals surface area (Å²) >= 11 is 0. The first-order valence-electron chi connectivity index (χ1n) is 5.86. The minimum atomic E-state index is 0.0420. The Hall–Kier alpha value is -0.610. The van der Waals surface area contributed by atoms with Crippen LogP contribution in [0.15, 0.2) is 0 Å². The average molecular weight is 212 g/mol. The normalized spacial score (nSPS) is 35.7. The molecular weight excluding hydrogens is 192 g/mol. The molecule has 0 aromatic carbocycles. The van der Waals surface area contributed by atoms with Gasteiger partial charge in [-0.05, 0) is 32.2 Å². The summed E-state index contributed by atoms with van der Waals surface area (Å²) in [5, 5.41) is 6.32. The number of nitrogens with one attached hydrogen (secondary N) is 2. The molecule has 0 aromatic rings. The summed E-state index contributed by atoms with van der Waals surface area (Å²) in [5.74, 6) is 0.175. The molecule has 2 rings (SSSR count). The molecule has 0 spiro atoms. The number of piperidine rings is 1. The van der Waals surface area contributed by atoms with Crippen molar-refractivity contribution in [3.05, 3.63) is 0 Å². The number of hydrogen-bond acceptors (Lipinski definition) is 3. The second kappa shape index (κ2) is 4.94. The second-order valence-electron chi connectivity index (χ2n) is 4.54. The zero-order valence-corrected chi connectivity index (χ0v) is 9.29. The van der Waals surface area contributed by atoms with E-state index in [2.05, 4.69) is 10.6 Å². The highest BCUT2D eigenvalue weighted by atomic mass is 16.5. The van der Waals surface area contributed by atoms with Gasteiger partial charge in [0.1, 0.15) is 0 Å². The van der Waals surface area contributed by atoms with E-state index in [0.29, 0.717) is 12.1 Å². The highest BCUT2D eigenvalue weighted by molar-refractivity contribution is 5.82. The van der Waals surface area contributed by atoms with Gasteiger partial charge in [-0.15, -0.1) is 0 Å². The van der Waals surface area contributed by atoms with Crippen molar-refractivity contribution in [2.75, 3.05) is 13.7 Å². The van der Waals surface area contributed by atoms with Crippen molar-refractivity contribution < 1.29 is 9.53 Å². The topological polar surface area (TPSA) is 50.4 Å². The fourth-order valence-corrected chi connectivity index (χ4v) is 2.25. The molecule has 0 bridgehead atoms. The van der Waals surface area contributed by atoms with Crippen LogP contribution in [0.3, 0.4) is 0 Å². The summed E-state index contributed by atoms with van der Waals surface area (Å²) in [4.78, 5) is 11.8. The SMILES string of the molecule is COC1CC(NC(=O)[C@@H]2CCCCN2)C1. The number of ether oxygens (including phenoxy) is 1. The lowest BCUT2D eigenvalue weighted by atomic mass is 9.89. The number of rotatable bonds is 3. The van der Waals surface area contributed by atoms with Crippen LogP contribution in [-0.2, 0) is 9.53 Å². The maximum atomic E-state index is 11.8. The Kier molecular flexibility index (Phi) is 3.59. The quantitative estimate of drug-likeness (QED) is 0.713. The van der Waals surface area contributed by atoms with E-state index in [1.807, 2.05) is 0 Å². The van der Waals surface area contributed by atoms with Gasteiger partial charge in [-0.1, -0.05) is 6.42 Å². The summed E-state index contributed by atoms with van der Waals surface area (Å²) < 4.78 is 5.18. The Bertz CT molecular complexity index is 221. The third kappa shape index (κ3) is 2.69. The van der Waals surface area contributed by atoms with Crippen molar-refractivity contribution in [3.8, 4) is 0 Å². The molecular formula is C11H20N2O2. The molecule has 86 valence electrons. The predicted molar refractivity (Wildman–Crippen MR) is 57.6 cm³/mol. The second-order valence-corrected chi connectivity index (χ2v) is 4.54. The Labute approximate surface area is 90.8 Å². The molecule has 2 fully saturated rings. The first kappa shape index (κ1) is 10.9. The summed E-state index contributed by atoms with van der Waals surface area (Å²) in [7, 11) is 1.73. The molecule has 1 atom stereocenters. The Morgan fingerprint density at radius 2 is 2.20 bits per heavy atom. The zero-order chi connectivity index (χ0) is 10.7. The number of carbonyl (C=O) groups is 1. The van der Waals surface area contributed by atoms with Crippen LogP contribution >= 0.6 is 0 Å². The smallest absolute Gasteiger partial charge is 0.237 e. The third-order valence-corrected chi connectivity index (χ3v) is 3.40. The van der Waals surface area contributed by atoms with Crippen LogP contribution in [-0.4, -0.2) is 37.7 Å². The van der Waals surface area contributed by atoms with E-state index in [1.54, 1.807) is 7.11 Å². The van der Waals surface area contributed by atoms with Crippen LogP contribution in [0.5, 0.6) is 0 Å². The lowest BCUT2D eigenvalue weighted by Gasteiger charge is -2.36. The highest BCUT2D eigenvalue weighted by Gasteiger charge is 2.32. The van der Waals surface area contributed by atoms with Gasteiger partial charge in [0, 0.05) is 13.2 Å². The van der Waals surface area contributed by atoms with Gasteiger partial charge in [0.05, 0.1) is 12.1 Å². The van der Waals surface area contributed by atoms with E-state index in [4.69, 9.17) is 4.74 Å². The van der Waals surface area contributed by atoms with Crippen molar-refractivity contribution in [1.82, 2.24) is 10.6 Å². The molecule has 15 heavy (non-hydrogen) atoms. The van der Waals surface area contributed by atoms with Crippen molar-refractivity contribution >= 4 is 5.91 Å². The Morgan fingerprint density at radius 1 is 1.40 bits per heavy atom. The van der Waals surface area contributed by atoms with E-state index in [0.717, 1.165) is 32.2 Å². The molecule has 1 aliphatic heterocycles. The van der Waals surface area contributed by atoms with Gasteiger partial charge in [0.25, 0.3) is 0 Å². The maximum Gasteiger partial charge on any atom is 0.237 e. The summed E-state index contributed by atoms with van der Waals surface area (Å²) in [5.41, 5.74) is 0. The molecule has 2 N–H and O–H groups in total. The van der Waals surface area contributed by atoms with Crippen LogP contribution in [0.4, 0.5) is 0 Å². The molecule has 4 nitrogen and oxygen atoms in total. The average Bonchev–Trinajstić information content (AvgIpc) is 2.23. The van der Waals surface area contributed by atoms with Crippen molar-refractivity contribution in [2.24, 2.45) is 0 Å². The number of amides is 1. The van der Waals surface area contributed by atoms with Gasteiger partial charge >= 0.3 is 0 Å². The molecule has 1 saturated carbocycles. The lowest BCUT2D eigenvalue weighted by Crippen LogP contribution is -2.54. The monoisotopic (exact) mass is 212 g/mol. The van der Waals surface area contributed by atoms with Crippen molar-refractivity contribution in [3.63, 3.8) is 0 Å². The van der Waals surface area contributed by atoms with Gasteiger partial charge < -0.3 is 15.4 Å². The van der Waals surface area contributed by atoms with Crippen LogP contribution in [0.2, 0.25) is 0 Å². The van der Waals surface area contributed by atoms with Crippen LogP contribution in [0.1, 0.15) is 32.1 Å². The minimum Gasteiger partial charge on any atom is -0.381 e. The van der Waals surface area contributed by atoms with Gasteiger partial charge in [-0.2, -0.15) is 0 Å². The molecule has 4 heteroatoms. The molecule has 0 radical (unpaired) electrons. The standard InChI is InChI=1S/C11H20N2O2/c1-15-9-6-8(7-9)13-11(14)10-4-2-3-5-12-10/h8-10,12H,2-7H2,1H3,(H,13,14)/t8?,9?,10-/m0/s1. The van der Waals surface area contributed by atoms with E-state index < -0.39 is 0 Å². The predicted octanol–water partition coefficient (Wildman–Crippen LogP) is 0.422. The van der Waals surface area contributed by atoms with E-state index in [1.165, 1.54) is 6.42 Å². The fourth-order valence-electron chi connectivity index (χ4n) is 2.25. The molecule has 0 aromatic heterocycles. The van der Waals surface area contributed by atoms with Crippen LogP contribution in [0, 0.1) is 0 Å². The largest absolute Gasteiger partial charge is 0.381 e. The van der Waals surface area contributed by atoms with Crippen LogP contribution < -0.4 is 10.6 Å². The van der Waals surface area contributed by atoms with E-state index in [-0.39, 0.29) is 11.9 Å². The highest BCUT2D eigenvalue weighted by Crippen LogP contribution is 2.22. The lowest BCUT2D eigenvalue weighted by molar-refractivity contribution is -0.126. The van der Waals surface area contributed by atoms with Crippen molar-refractivity contribution in [1.29, 1.82) is 0 Å².